The van der Waals surface area contributed by atoms with Crippen LogP contribution in [-0.4, -0.2) is 15.9 Å². The van der Waals surface area contributed by atoms with Crippen molar-refractivity contribution in [3.05, 3.63) is 59.3 Å². The van der Waals surface area contributed by atoms with E-state index in [9.17, 15) is 4.79 Å². The van der Waals surface area contributed by atoms with Crippen molar-refractivity contribution in [3.63, 3.8) is 0 Å². The van der Waals surface area contributed by atoms with Crippen LogP contribution in [-0.2, 0) is 6.54 Å². The Kier molecular flexibility index (Phi) is 3.79. The average Bonchev–Trinajstić information content (AvgIpc) is 3.15. The Balaban J connectivity index is 1.66. The molecule has 1 aromatic carbocycles. The van der Waals surface area contributed by atoms with Gasteiger partial charge in [0.1, 0.15) is 10.8 Å². The van der Waals surface area contributed by atoms with Gasteiger partial charge in [-0.15, -0.1) is 11.3 Å². The number of aromatic nitrogens is 2. The Bertz CT molecular complexity index is 749. The van der Waals surface area contributed by atoms with Gasteiger partial charge in [0.2, 0.25) is 0 Å². The summed E-state index contributed by atoms with van der Waals surface area (Å²) < 4.78 is 5.02. The minimum absolute atomic E-state index is 0.240. The van der Waals surface area contributed by atoms with Crippen LogP contribution in [0.15, 0.2) is 47.3 Å². The Labute approximate surface area is 125 Å². The lowest BCUT2D eigenvalue weighted by molar-refractivity contribution is 0.0945. The maximum Gasteiger partial charge on any atom is 0.273 e. The van der Waals surface area contributed by atoms with Gasteiger partial charge in [-0.1, -0.05) is 30.3 Å². The van der Waals surface area contributed by atoms with E-state index in [1.165, 1.54) is 6.39 Å². The van der Waals surface area contributed by atoms with E-state index in [0.29, 0.717) is 18.0 Å². The molecule has 0 saturated carbocycles. The number of rotatable bonds is 4. The number of thiazole rings is 1. The molecule has 0 unspecified atom stereocenters. The summed E-state index contributed by atoms with van der Waals surface area (Å²) in [6, 6.07) is 9.95. The van der Waals surface area contributed by atoms with Gasteiger partial charge in [-0.25, -0.2) is 9.97 Å². The van der Waals surface area contributed by atoms with Gasteiger partial charge in [0.05, 0.1) is 6.54 Å². The summed E-state index contributed by atoms with van der Waals surface area (Å²) in [5.41, 5.74) is 1.40. The van der Waals surface area contributed by atoms with Crippen LogP contribution in [0.4, 0.5) is 0 Å². The van der Waals surface area contributed by atoms with Gasteiger partial charge in [0, 0.05) is 16.6 Å². The van der Waals surface area contributed by atoms with Crippen molar-refractivity contribution < 1.29 is 9.21 Å². The monoisotopic (exact) mass is 299 g/mol. The van der Waals surface area contributed by atoms with Gasteiger partial charge in [0.15, 0.2) is 12.1 Å². The van der Waals surface area contributed by atoms with Crippen LogP contribution in [0, 0.1) is 6.92 Å². The Morgan fingerprint density at radius 1 is 1.29 bits per heavy atom. The molecule has 1 N–H and O–H groups in total. The average molecular weight is 299 g/mol. The number of nitrogens with zero attached hydrogens (tertiary/aromatic N) is 2. The molecule has 21 heavy (non-hydrogen) atoms. The lowest BCUT2D eigenvalue weighted by Crippen LogP contribution is -2.23. The van der Waals surface area contributed by atoms with E-state index in [1.54, 1.807) is 24.5 Å². The molecule has 5 nitrogen and oxygen atoms in total. The number of amides is 1. The highest BCUT2D eigenvalue weighted by atomic mass is 32.1. The molecule has 1 amide bonds. The number of hydrogen-bond donors (Lipinski definition) is 1. The van der Waals surface area contributed by atoms with Gasteiger partial charge in [0.25, 0.3) is 5.91 Å². The van der Waals surface area contributed by atoms with Crippen LogP contribution < -0.4 is 5.32 Å². The van der Waals surface area contributed by atoms with Crippen LogP contribution in [0.1, 0.15) is 21.1 Å². The fourth-order valence-corrected chi connectivity index (χ4v) is 2.74. The third kappa shape index (κ3) is 3.00. The van der Waals surface area contributed by atoms with E-state index in [0.717, 1.165) is 15.4 Å². The molecule has 2 heterocycles. The highest BCUT2D eigenvalue weighted by Gasteiger charge is 2.13. The molecule has 0 fully saturated rings. The predicted octanol–water partition coefficient (Wildman–Crippen LogP) is 3.04. The first-order valence-electron chi connectivity index (χ1n) is 6.42. The SMILES string of the molecule is Cc1ocnc1C(=O)NCc1cnc(-c2ccccc2)s1. The van der Waals surface area contributed by atoms with Crippen LogP contribution in [0.5, 0.6) is 0 Å². The molecule has 106 valence electrons. The van der Waals surface area contributed by atoms with Crippen LogP contribution >= 0.6 is 11.3 Å². The molecular weight excluding hydrogens is 286 g/mol. The number of oxazole rings is 1. The summed E-state index contributed by atoms with van der Waals surface area (Å²) in [6.07, 6.45) is 3.05. The van der Waals surface area contributed by atoms with E-state index < -0.39 is 0 Å². The zero-order valence-corrected chi connectivity index (χ0v) is 12.2. The summed E-state index contributed by atoms with van der Waals surface area (Å²) in [4.78, 5) is 21.2. The fraction of sp³-hybridized carbons (Fsp3) is 0.133. The quantitative estimate of drug-likeness (QED) is 0.804. The maximum atomic E-state index is 11.9. The van der Waals surface area contributed by atoms with Crippen molar-refractivity contribution in [1.82, 2.24) is 15.3 Å². The molecule has 3 aromatic rings. The Morgan fingerprint density at radius 2 is 2.10 bits per heavy atom. The summed E-state index contributed by atoms with van der Waals surface area (Å²) in [7, 11) is 0. The normalized spacial score (nSPS) is 10.5. The molecule has 0 aliphatic heterocycles. The van der Waals surface area contributed by atoms with Crippen molar-refractivity contribution >= 4 is 17.2 Å². The standard InChI is InChI=1S/C15H13N3O2S/c1-10-13(18-9-20-10)14(19)16-7-12-8-17-15(21-12)11-5-3-2-4-6-11/h2-6,8-9H,7H2,1H3,(H,16,19). The highest BCUT2D eigenvalue weighted by Crippen LogP contribution is 2.24. The molecule has 0 bridgehead atoms. The number of carbonyl (C=O) groups excluding carboxylic acids is 1. The molecular formula is C15H13N3O2S. The van der Waals surface area contributed by atoms with Gasteiger partial charge in [-0.3, -0.25) is 4.79 Å². The first-order valence-corrected chi connectivity index (χ1v) is 7.24. The van der Waals surface area contributed by atoms with Crippen molar-refractivity contribution in [2.24, 2.45) is 0 Å². The second kappa shape index (κ2) is 5.88. The first-order chi connectivity index (χ1) is 10.2. The fourth-order valence-electron chi connectivity index (χ4n) is 1.88. The number of carbonyl (C=O) groups is 1. The van der Waals surface area contributed by atoms with Crippen LogP contribution in [0.3, 0.4) is 0 Å². The molecule has 0 aliphatic rings. The molecule has 2 aromatic heterocycles. The van der Waals surface area contributed by atoms with E-state index in [1.807, 2.05) is 30.3 Å². The molecule has 0 saturated heterocycles. The highest BCUT2D eigenvalue weighted by molar-refractivity contribution is 7.15. The van der Waals surface area contributed by atoms with Gasteiger partial charge in [-0.2, -0.15) is 0 Å². The zero-order valence-electron chi connectivity index (χ0n) is 11.4. The number of aryl methyl sites for hydroxylation is 1. The maximum absolute atomic E-state index is 11.9. The van der Waals surface area contributed by atoms with Crippen LogP contribution in [0.2, 0.25) is 0 Å². The first kappa shape index (κ1) is 13.5. The lowest BCUT2D eigenvalue weighted by Gasteiger charge is -2.00. The summed E-state index contributed by atoms with van der Waals surface area (Å²) in [5, 5.41) is 3.76. The van der Waals surface area contributed by atoms with Gasteiger partial charge < -0.3 is 9.73 Å². The molecule has 0 spiro atoms. The number of nitrogens with one attached hydrogen (secondary N) is 1. The Hall–Kier alpha value is -2.47. The van der Waals surface area contributed by atoms with Crippen molar-refractivity contribution in [2.45, 2.75) is 13.5 Å². The summed E-state index contributed by atoms with van der Waals surface area (Å²) >= 11 is 1.56. The molecule has 6 heteroatoms. The van der Waals surface area contributed by atoms with E-state index in [2.05, 4.69) is 15.3 Å². The molecule has 0 aliphatic carbocycles. The molecule has 3 rings (SSSR count). The molecule has 0 radical (unpaired) electrons. The summed E-state index contributed by atoms with van der Waals surface area (Å²) in [6.45, 7) is 2.14. The Morgan fingerprint density at radius 3 is 2.81 bits per heavy atom. The van der Waals surface area contributed by atoms with E-state index >= 15 is 0 Å². The minimum Gasteiger partial charge on any atom is -0.448 e. The minimum atomic E-state index is -0.240. The third-order valence-electron chi connectivity index (χ3n) is 2.96. The second-order valence-corrected chi connectivity index (χ2v) is 5.55. The van der Waals surface area contributed by atoms with E-state index in [4.69, 9.17) is 4.42 Å². The van der Waals surface area contributed by atoms with Crippen molar-refractivity contribution in [3.8, 4) is 10.6 Å². The number of benzene rings is 1. The third-order valence-corrected chi connectivity index (χ3v) is 4.00. The lowest BCUT2D eigenvalue weighted by atomic mass is 10.2. The van der Waals surface area contributed by atoms with Gasteiger partial charge >= 0.3 is 0 Å². The predicted molar refractivity (Wildman–Crippen MR) is 80.0 cm³/mol. The number of hydrogen-bond acceptors (Lipinski definition) is 5. The van der Waals surface area contributed by atoms with Gasteiger partial charge in [-0.05, 0) is 6.92 Å². The van der Waals surface area contributed by atoms with E-state index in [-0.39, 0.29) is 5.91 Å². The molecule has 0 atom stereocenters. The van der Waals surface area contributed by atoms with Crippen molar-refractivity contribution in [1.29, 1.82) is 0 Å². The van der Waals surface area contributed by atoms with Crippen molar-refractivity contribution in [2.75, 3.05) is 0 Å². The second-order valence-electron chi connectivity index (χ2n) is 4.44. The summed E-state index contributed by atoms with van der Waals surface area (Å²) in [5.74, 6) is 0.276. The topological polar surface area (TPSA) is 68.0 Å². The smallest absolute Gasteiger partial charge is 0.273 e. The van der Waals surface area contributed by atoms with Crippen LogP contribution in [0.25, 0.3) is 10.6 Å². The zero-order chi connectivity index (χ0) is 14.7. The largest absolute Gasteiger partial charge is 0.448 e.